The Kier molecular flexibility index (Phi) is 7.93. The van der Waals surface area contributed by atoms with E-state index in [9.17, 15) is 45.5 Å². The minimum Gasteiger partial charge on any atom is -0.343 e. The molecule has 3 aromatic heterocycles. The maximum atomic E-state index is 13.6. The molecule has 0 radical (unpaired) electrons. The van der Waals surface area contributed by atoms with Crippen molar-refractivity contribution >= 4 is 45.6 Å². The number of benzene rings is 1. The number of aromatic nitrogens is 5. The van der Waals surface area contributed by atoms with E-state index >= 15 is 0 Å². The van der Waals surface area contributed by atoms with Crippen LogP contribution < -0.4 is 11.4 Å². The summed E-state index contributed by atoms with van der Waals surface area (Å²) in [5, 5.41) is -0.154. The number of carbonyl (C=O) groups excluding carboxylic acids is 2. The third-order valence-corrected chi connectivity index (χ3v) is 8.77. The van der Waals surface area contributed by atoms with Crippen LogP contribution in [-0.4, -0.2) is 77.7 Å². The number of hydrogen-bond acceptors (Lipinski definition) is 5. The number of halogens is 7. The summed E-state index contributed by atoms with van der Waals surface area (Å²) in [4.78, 5) is 63.1. The molecule has 2 aliphatic heterocycles. The van der Waals surface area contributed by atoms with Crippen molar-refractivity contribution in [1.82, 2.24) is 33.9 Å². The number of pyridine rings is 1. The van der Waals surface area contributed by atoms with Gasteiger partial charge in [-0.15, -0.1) is 0 Å². The molecule has 0 aliphatic carbocycles. The lowest BCUT2D eigenvalue weighted by atomic mass is 9.92. The molecule has 18 heteroatoms. The van der Waals surface area contributed by atoms with Gasteiger partial charge < -0.3 is 14.8 Å². The molecule has 2 N–H and O–H groups in total. The number of nitrogens with zero attached hydrogens (tertiary/aromatic N) is 5. The van der Waals surface area contributed by atoms with Gasteiger partial charge in [0.1, 0.15) is 13.1 Å². The van der Waals surface area contributed by atoms with Gasteiger partial charge in [0.15, 0.2) is 5.65 Å². The average Bonchev–Trinajstić information content (AvgIpc) is 3.44. The lowest BCUT2D eigenvalue weighted by molar-refractivity contribution is -0.165. The summed E-state index contributed by atoms with van der Waals surface area (Å²) < 4.78 is 83.0. The zero-order valence-electron chi connectivity index (χ0n) is 23.8. The van der Waals surface area contributed by atoms with Gasteiger partial charge in [0, 0.05) is 43.9 Å². The highest BCUT2D eigenvalue weighted by Crippen LogP contribution is 2.36. The molecular formula is C28H26ClF6N7O4. The van der Waals surface area contributed by atoms with E-state index in [2.05, 4.69) is 15.0 Å². The molecule has 0 unspecified atom stereocenters. The molecule has 4 aromatic rings. The highest BCUT2D eigenvalue weighted by Gasteiger charge is 2.41. The van der Waals surface area contributed by atoms with Gasteiger partial charge in [-0.2, -0.15) is 26.3 Å². The molecule has 1 fully saturated rings. The van der Waals surface area contributed by atoms with Crippen LogP contribution in [0.3, 0.4) is 0 Å². The maximum absolute atomic E-state index is 13.6. The first-order valence-electron chi connectivity index (χ1n) is 14.3. The predicted molar refractivity (Wildman–Crippen MR) is 152 cm³/mol. The topological polar surface area (TPSA) is 129 Å². The Morgan fingerprint density at radius 1 is 1.00 bits per heavy atom. The van der Waals surface area contributed by atoms with Gasteiger partial charge >= 0.3 is 23.7 Å². The highest BCUT2D eigenvalue weighted by atomic mass is 35.5. The number of aromatic amines is 2. The molecule has 5 heterocycles. The van der Waals surface area contributed by atoms with Crippen molar-refractivity contribution in [3.63, 3.8) is 0 Å². The van der Waals surface area contributed by atoms with Crippen molar-refractivity contribution in [3.8, 4) is 0 Å². The monoisotopic (exact) mass is 673 g/mol. The Balaban J connectivity index is 1.28. The number of carbonyl (C=O) groups is 2. The first kappa shape index (κ1) is 31.7. The van der Waals surface area contributed by atoms with Crippen LogP contribution in [0.4, 0.5) is 26.3 Å². The number of hydrogen-bond donors (Lipinski definition) is 2. The van der Waals surface area contributed by atoms with Gasteiger partial charge in [-0.25, -0.2) is 14.6 Å². The van der Waals surface area contributed by atoms with Crippen molar-refractivity contribution in [3.05, 3.63) is 61.5 Å². The van der Waals surface area contributed by atoms with Crippen LogP contribution in [0.1, 0.15) is 36.4 Å². The number of amides is 2. The van der Waals surface area contributed by atoms with Crippen LogP contribution in [0.2, 0.25) is 5.02 Å². The number of H-pyrrole nitrogens is 2. The quantitative estimate of drug-likeness (QED) is 0.311. The highest BCUT2D eigenvalue weighted by molar-refractivity contribution is 6.35. The van der Waals surface area contributed by atoms with Gasteiger partial charge in [-0.05, 0) is 43.0 Å². The summed E-state index contributed by atoms with van der Waals surface area (Å²) in [7, 11) is 0. The number of fused-ring (bicyclic) bond motifs is 4. The van der Waals surface area contributed by atoms with Crippen LogP contribution in [0.15, 0.2) is 34.0 Å². The second kappa shape index (κ2) is 11.5. The molecule has 46 heavy (non-hydrogen) atoms. The number of likely N-dealkylation sites (tertiary alicyclic amines) is 1. The molecule has 0 spiro atoms. The molecule has 1 atom stereocenters. The summed E-state index contributed by atoms with van der Waals surface area (Å²) in [5.74, 6) is -2.78. The fraction of sp³-hybridized carbons (Fsp3) is 0.464. The van der Waals surface area contributed by atoms with E-state index in [1.165, 1.54) is 11.0 Å². The molecule has 0 bridgehead atoms. The van der Waals surface area contributed by atoms with Crippen LogP contribution in [-0.2, 0) is 29.1 Å². The summed E-state index contributed by atoms with van der Waals surface area (Å²) >= 11 is 6.31. The van der Waals surface area contributed by atoms with E-state index in [4.69, 9.17) is 11.6 Å². The number of nitrogens with one attached hydrogen (secondary N) is 2. The first-order chi connectivity index (χ1) is 21.6. The standard InChI is InChI=1S/C28H26ClF6N7O4/c29-18-9-14-8-15(10-20(43)39-6-3-16(4-7-39)42-19-2-1-5-36-23(19)38-26(42)46)24(44)40(12-27(30,31)32)11-17(14)22-21(18)37-25(45)41(22)13-28(33,34)35/h1-2,5,9,15-16H,3-4,6-8,10-13H2,(H,37,45)(H,36,38,46)/t15-/m0/s1. The minimum absolute atomic E-state index is 0.0889. The fourth-order valence-electron chi connectivity index (χ4n) is 6.53. The largest absolute Gasteiger partial charge is 0.406 e. The van der Waals surface area contributed by atoms with Crippen LogP contribution in [0, 0.1) is 5.92 Å². The molecular weight excluding hydrogens is 648 g/mol. The van der Waals surface area contributed by atoms with Crippen molar-refractivity contribution in [1.29, 1.82) is 0 Å². The Morgan fingerprint density at radius 3 is 2.37 bits per heavy atom. The van der Waals surface area contributed by atoms with Crippen molar-refractivity contribution < 1.29 is 35.9 Å². The lowest BCUT2D eigenvalue weighted by Crippen LogP contribution is -2.44. The summed E-state index contributed by atoms with van der Waals surface area (Å²) in [6.07, 6.45) is -8.12. The van der Waals surface area contributed by atoms with E-state index < -0.39 is 61.8 Å². The fourth-order valence-corrected chi connectivity index (χ4v) is 6.80. The van der Waals surface area contributed by atoms with Gasteiger partial charge in [0.05, 0.1) is 27.5 Å². The molecule has 2 aliphatic rings. The number of alkyl halides is 6. The van der Waals surface area contributed by atoms with Crippen LogP contribution in [0.25, 0.3) is 22.2 Å². The first-order valence-corrected chi connectivity index (χ1v) is 14.7. The van der Waals surface area contributed by atoms with E-state index in [0.29, 0.717) is 33.5 Å². The van der Waals surface area contributed by atoms with E-state index in [1.807, 2.05) is 0 Å². The molecule has 0 saturated carbocycles. The summed E-state index contributed by atoms with van der Waals surface area (Å²) in [6, 6.07) is 4.49. The zero-order valence-corrected chi connectivity index (χ0v) is 24.6. The van der Waals surface area contributed by atoms with Gasteiger partial charge in [0.25, 0.3) is 0 Å². The van der Waals surface area contributed by atoms with E-state index in [1.54, 1.807) is 22.9 Å². The zero-order chi connectivity index (χ0) is 33.1. The van der Waals surface area contributed by atoms with E-state index in [-0.39, 0.29) is 58.4 Å². The molecule has 2 amide bonds. The Labute approximate surface area is 259 Å². The van der Waals surface area contributed by atoms with Crippen molar-refractivity contribution in [2.45, 2.75) is 57.2 Å². The Hall–Kier alpha value is -4.28. The molecule has 1 aromatic carbocycles. The van der Waals surface area contributed by atoms with Gasteiger partial charge in [0.2, 0.25) is 11.8 Å². The summed E-state index contributed by atoms with van der Waals surface area (Å²) in [6.45, 7) is -3.77. The second-order valence-electron chi connectivity index (χ2n) is 11.5. The van der Waals surface area contributed by atoms with Crippen LogP contribution >= 0.6 is 11.6 Å². The Bertz CT molecular complexity index is 1950. The van der Waals surface area contributed by atoms with Gasteiger partial charge in [-0.3, -0.25) is 23.7 Å². The third-order valence-electron chi connectivity index (χ3n) is 8.47. The smallest absolute Gasteiger partial charge is 0.343 e. The van der Waals surface area contributed by atoms with Crippen LogP contribution in [0.5, 0.6) is 0 Å². The lowest BCUT2D eigenvalue weighted by Gasteiger charge is -2.33. The maximum Gasteiger partial charge on any atom is 0.406 e. The Morgan fingerprint density at radius 2 is 1.70 bits per heavy atom. The van der Waals surface area contributed by atoms with Gasteiger partial charge in [-0.1, -0.05) is 11.6 Å². The van der Waals surface area contributed by atoms with Crippen molar-refractivity contribution in [2.75, 3.05) is 19.6 Å². The molecule has 11 nitrogen and oxygen atoms in total. The van der Waals surface area contributed by atoms with E-state index in [0.717, 1.165) is 0 Å². The molecule has 6 rings (SSSR count). The second-order valence-corrected chi connectivity index (χ2v) is 12.0. The minimum atomic E-state index is -4.86. The average molecular weight is 674 g/mol. The van der Waals surface area contributed by atoms with Crippen molar-refractivity contribution in [2.24, 2.45) is 5.92 Å². The SMILES string of the molecule is O=C(C[C@@H]1Cc2cc(Cl)c3[nH]c(=O)n(CC(F)(F)F)c3c2CN(CC(F)(F)F)C1=O)N1CCC(n2c(=O)[nH]c3ncccc32)CC1. The number of piperidine rings is 1. The molecule has 1 saturated heterocycles. The predicted octanol–water partition coefficient (Wildman–Crippen LogP) is 3.90. The number of imidazole rings is 2. The third kappa shape index (κ3) is 6.11. The molecule has 246 valence electrons. The normalized spacial score (nSPS) is 18.4. The number of rotatable bonds is 5. The summed E-state index contributed by atoms with van der Waals surface area (Å²) in [5.41, 5.74) is -0.945.